The van der Waals surface area contributed by atoms with Gasteiger partial charge >= 0.3 is 12.1 Å². The van der Waals surface area contributed by atoms with Crippen molar-refractivity contribution in [3.8, 4) is 0 Å². The molecule has 6 heteroatoms. The lowest BCUT2D eigenvalue weighted by Gasteiger charge is -2.11. The lowest BCUT2D eigenvalue weighted by atomic mass is 10.1. The molecule has 2 aromatic carbocycles. The zero-order valence-corrected chi connectivity index (χ0v) is 11.7. The van der Waals surface area contributed by atoms with Crippen LogP contribution in [0.4, 0.5) is 4.79 Å². The molecule has 1 aliphatic rings. The molecule has 0 aromatic heterocycles. The van der Waals surface area contributed by atoms with Crippen LogP contribution in [-0.2, 0) is 14.3 Å². The van der Waals surface area contributed by atoms with E-state index in [0.717, 1.165) is 15.7 Å². The number of ether oxygens (including phenoxy) is 2. The lowest BCUT2D eigenvalue weighted by Crippen LogP contribution is -2.35. The van der Waals surface area contributed by atoms with E-state index in [2.05, 4.69) is 4.74 Å². The summed E-state index contributed by atoms with van der Waals surface area (Å²) >= 11 is 0. The number of imide groups is 1. The van der Waals surface area contributed by atoms with Crippen LogP contribution in [0.5, 0.6) is 0 Å². The van der Waals surface area contributed by atoms with Gasteiger partial charge in [-0.05, 0) is 16.8 Å². The van der Waals surface area contributed by atoms with E-state index >= 15 is 0 Å². The number of esters is 1. The van der Waals surface area contributed by atoms with Gasteiger partial charge in [-0.2, -0.15) is 0 Å². The minimum Gasteiger partial charge on any atom is -0.452 e. The first kappa shape index (κ1) is 14.1. The second-order valence-corrected chi connectivity index (χ2v) is 4.76. The van der Waals surface area contributed by atoms with Crippen molar-refractivity contribution in [3.05, 3.63) is 48.0 Å². The molecule has 112 valence electrons. The third-order valence-electron chi connectivity index (χ3n) is 3.40. The quantitative estimate of drug-likeness (QED) is 0.810. The Hall–Kier alpha value is -2.89. The zero-order valence-electron chi connectivity index (χ0n) is 11.7. The Morgan fingerprint density at radius 2 is 1.91 bits per heavy atom. The van der Waals surface area contributed by atoms with Crippen LogP contribution in [0.2, 0.25) is 0 Å². The molecule has 0 N–H and O–H groups in total. The van der Waals surface area contributed by atoms with Gasteiger partial charge in [-0.15, -0.1) is 0 Å². The van der Waals surface area contributed by atoms with Crippen LogP contribution in [0.1, 0.15) is 10.4 Å². The standard InChI is InChI=1S/C16H13NO5/c18-14(17-8-9-21-16(17)20)10-22-15(19)13-7-3-5-11-4-1-2-6-12(11)13/h1-7H,8-10H2. The molecule has 1 heterocycles. The molecule has 0 atom stereocenters. The second kappa shape index (κ2) is 5.85. The summed E-state index contributed by atoms with van der Waals surface area (Å²) in [5, 5.41) is 1.66. The molecule has 1 saturated heterocycles. The first-order valence-electron chi connectivity index (χ1n) is 6.79. The first-order valence-corrected chi connectivity index (χ1v) is 6.79. The van der Waals surface area contributed by atoms with Crippen LogP contribution in [-0.4, -0.2) is 42.6 Å². The van der Waals surface area contributed by atoms with Gasteiger partial charge in [0.2, 0.25) is 0 Å². The summed E-state index contributed by atoms with van der Waals surface area (Å²) in [6, 6.07) is 12.7. The van der Waals surface area contributed by atoms with Crippen LogP contribution in [0.15, 0.2) is 42.5 Å². The highest BCUT2D eigenvalue weighted by Crippen LogP contribution is 2.19. The van der Waals surface area contributed by atoms with Gasteiger partial charge in [0.15, 0.2) is 6.61 Å². The maximum atomic E-state index is 12.2. The van der Waals surface area contributed by atoms with Crippen LogP contribution < -0.4 is 0 Å². The van der Waals surface area contributed by atoms with Crippen LogP contribution >= 0.6 is 0 Å². The van der Waals surface area contributed by atoms with E-state index in [9.17, 15) is 14.4 Å². The van der Waals surface area contributed by atoms with E-state index < -0.39 is 24.6 Å². The molecular formula is C16H13NO5. The fraction of sp³-hybridized carbons (Fsp3) is 0.188. The number of benzene rings is 2. The summed E-state index contributed by atoms with van der Waals surface area (Å²) in [6.45, 7) is -0.136. The van der Waals surface area contributed by atoms with Crippen molar-refractivity contribution in [1.29, 1.82) is 0 Å². The molecular weight excluding hydrogens is 286 g/mol. The van der Waals surface area contributed by atoms with Crippen molar-refractivity contribution in [2.45, 2.75) is 0 Å². The summed E-state index contributed by atoms with van der Waals surface area (Å²) in [6.07, 6.45) is -0.703. The number of amides is 2. The molecule has 6 nitrogen and oxygen atoms in total. The molecule has 1 aliphatic heterocycles. The Kier molecular flexibility index (Phi) is 3.74. The first-order chi connectivity index (χ1) is 10.7. The number of hydrogen-bond acceptors (Lipinski definition) is 5. The van der Waals surface area contributed by atoms with Crippen LogP contribution in [0.3, 0.4) is 0 Å². The monoisotopic (exact) mass is 299 g/mol. The van der Waals surface area contributed by atoms with Gasteiger partial charge < -0.3 is 9.47 Å². The fourth-order valence-electron chi connectivity index (χ4n) is 2.31. The molecule has 2 amide bonds. The van der Waals surface area contributed by atoms with Crippen molar-refractivity contribution in [2.24, 2.45) is 0 Å². The highest BCUT2D eigenvalue weighted by atomic mass is 16.6. The van der Waals surface area contributed by atoms with Crippen molar-refractivity contribution >= 4 is 28.7 Å². The number of carbonyl (C=O) groups excluding carboxylic acids is 3. The van der Waals surface area contributed by atoms with Crippen LogP contribution in [0.25, 0.3) is 10.8 Å². The van der Waals surface area contributed by atoms with E-state index in [1.807, 2.05) is 30.3 Å². The Balaban J connectivity index is 1.71. The van der Waals surface area contributed by atoms with E-state index in [1.54, 1.807) is 12.1 Å². The number of hydrogen-bond donors (Lipinski definition) is 0. The van der Waals surface area contributed by atoms with Gasteiger partial charge in [0.25, 0.3) is 5.91 Å². The molecule has 0 aliphatic carbocycles. The second-order valence-electron chi connectivity index (χ2n) is 4.76. The fourth-order valence-corrected chi connectivity index (χ4v) is 2.31. The van der Waals surface area contributed by atoms with Gasteiger partial charge in [0.1, 0.15) is 6.61 Å². The molecule has 22 heavy (non-hydrogen) atoms. The van der Waals surface area contributed by atoms with Gasteiger partial charge in [0.05, 0.1) is 12.1 Å². The molecule has 2 aromatic rings. The summed E-state index contributed by atoms with van der Waals surface area (Å²) in [5.41, 5.74) is 0.384. The predicted molar refractivity (Wildman–Crippen MR) is 77.3 cm³/mol. The molecule has 0 spiro atoms. The highest BCUT2D eigenvalue weighted by Gasteiger charge is 2.29. The van der Waals surface area contributed by atoms with Crippen LogP contribution in [0, 0.1) is 0 Å². The number of nitrogens with zero attached hydrogens (tertiary/aromatic N) is 1. The lowest BCUT2D eigenvalue weighted by molar-refractivity contribution is -0.131. The van der Waals surface area contributed by atoms with E-state index in [0.29, 0.717) is 5.56 Å². The average molecular weight is 299 g/mol. The van der Waals surface area contributed by atoms with E-state index in [4.69, 9.17) is 4.74 Å². The highest BCUT2D eigenvalue weighted by molar-refractivity contribution is 6.05. The predicted octanol–water partition coefficient (Wildman–Crippen LogP) is 1.98. The van der Waals surface area contributed by atoms with Crippen molar-refractivity contribution in [1.82, 2.24) is 4.90 Å². The number of fused-ring (bicyclic) bond motifs is 1. The summed E-state index contributed by atoms with van der Waals surface area (Å²) in [5.74, 6) is -1.19. The Morgan fingerprint density at radius 3 is 2.68 bits per heavy atom. The zero-order chi connectivity index (χ0) is 15.5. The Labute approximate surface area is 126 Å². The number of carbonyl (C=O) groups is 3. The van der Waals surface area contributed by atoms with E-state index in [-0.39, 0.29) is 13.2 Å². The smallest absolute Gasteiger partial charge is 0.416 e. The van der Waals surface area contributed by atoms with Crippen molar-refractivity contribution in [2.75, 3.05) is 19.8 Å². The summed E-state index contributed by atoms with van der Waals surface area (Å²) in [7, 11) is 0. The normalized spacial score (nSPS) is 14.0. The van der Waals surface area contributed by atoms with Gasteiger partial charge in [0, 0.05) is 0 Å². The summed E-state index contributed by atoms with van der Waals surface area (Å²) < 4.78 is 9.68. The Bertz CT molecular complexity index is 750. The molecule has 0 radical (unpaired) electrons. The maximum Gasteiger partial charge on any atom is 0.416 e. The van der Waals surface area contributed by atoms with Gasteiger partial charge in [-0.1, -0.05) is 36.4 Å². The SMILES string of the molecule is O=C(OCC(=O)N1CCOC1=O)c1cccc2ccccc12. The number of cyclic esters (lactones) is 1. The van der Waals surface area contributed by atoms with Gasteiger partial charge in [-0.25, -0.2) is 14.5 Å². The Morgan fingerprint density at radius 1 is 1.14 bits per heavy atom. The topological polar surface area (TPSA) is 72.9 Å². The molecule has 0 bridgehead atoms. The third kappa shape index (κ3) is 2.63. The number of rotatable bonds is 3. The summed E-state index contributed by atoms with van der Waals surface area (Å²) in [4.78, 5) is 36.1. The molecule has 3 rings (SSSR count). The largest absolute Gasteiger partial charge is 0.452 e. The molecule has 1 fully saturated rings. The molecule has 0 saturated carbocycles. The van der Waals surface area contributed by atoms with Crippen molar-refractivity contribution < 1.29 is 23.9 Å². The average Bonchev–Trinajstić information content (AvgIpc) is 2.98. The molecule has 0 unspecified atom stereocenters. The van der Waals surface area contributed by atoms with E-state index in [1.165, 1.54) is 0 Å². The third-order valence-corrected chi connectivity index (χ3v) is 3.40. The maximum absolute atomic E-state index is 12.2. The van der Waals surface area contributed by atoms with Crippen molar-refractivity contribution in [3.63, 3.8) is 0 Å². The minimum absolute atomic E-state index is 0.168. The minimum atomic E-state index is -0.703. The van der Waals surface area contributed by atoms with Gasteiger partial charge in [-0.3, -0.25) is 4.79 Å².